The average molecular weight is 247 g/mol. The zero-order chi connectivity index (χ0) is 12.8. The van der Waals surface area contributed by atoms with Crippen molar-refractivity contribution >= 4 is 0 Å². The summed E-state index contributed by atoms with van der Waals surface area (Å²) in [6.45, 7) is 3.33. The van der Waals surface area contributed by atoms with Crippen molar-refractivity contribution in [2.24, 2.45) is 0 Å². The van der Waals surface area contributed by atoms with E-state index in [0.29, 0.717) is 19.6 Å². The lowest BCUT2D eigenvalue weighted by Crippen LogP contribution is -2.08. The fourth-order valence-corrected chi connectivity index (χ4v) is 1.57. The molecule has 1 N–H and O–H groups in total. The van der Waals surface area contributed by atoms with Crippen LogP contribution < -0.4 is 4.74 Å². The van der Waals surface area contributed by atoms with E-state index >= 15 is 0 Å². The molecule has 5 heteroatoms. The minimum absolute atomic E-state index is 0.0958. The molecule has 0 atom stereocenters. The van der Waals surface area contributed by atoms with Crippen LogP contribution in [0.3, 0.4) is 0 Å². The molecule has 0 saturated carbocycles. The van der Waals surface area contributed by atoms with Gasteiger partial charge in [-0.2, -0.15) is 0 Å². The molecule has 0 saturated heterocycles. The maximum Gasteiger partial charge on any atom is 0.119 e. The van der Waals surface area contributed by atoms with Gasteiger partial charge in [0.1, 0.15) is 12.4 Å². The summed E-state index contributed by atoms with van der Waals surface area (Å²) in [5.41, 5.74) is 2.01. The Morgan fingerprint density at radius 3 is 2.78 bits per heavy atom. The molecule has 1 heterocycles. The molecule has 0 radical (unpaired) electrons. The van der Waals surface area contributed by atoms with E-state index in [1.165, 1.54) is 5.56 Å². The van der Waals surface area contributed by atoms with Crippen molar-refractivity contribution < 1.29 is 9.84 Å². The van der Waals surface area contributed by atoms with E-state index in [1.807, 2.05) is 37.4 Å². The third-order valence-corrected chi connectivity index (χ3v) is 2.56. The quantitative estimate of drug-likeness (QED) is 0.833. The topological polar surface area (TPSA) is 60.2 Å². The van der Waals surface area contributed by atoms with Crippen molar-refractivity contribution in [1.82, 2.24) is 15.0 Å². The molecule has 1 aromatic carbocycles. The molecule has 1 aromatic heterocycles. The first-order valence-corrected chi connectivity index (χ1v) is 5.97. The van der Waals surface area contributed by atoms with Crippen molar-refractivity contribution in [2.75, 3.05) is 13.2 Å². The summed E-state index contributed by atoms with van der Waals surface area (Å²) in [4.78, 5) is 0. The number of aromatic nitrogens is 3. The van der Waals surface area contributed by atoms with Crippen molar-refractivity contribution in [2.45, 2.75) is 19.9 Å². The van der Waals surface area contributed by atoms with Gasteiger partial charge in [0.05, 0.1) is 12.2 Å². The van der Waals surface area contributed by atoms with Gasteiger partial charge in [-0.05, 0) is 19.1 Å². The Hall–Kier alpha value is -1.88. The van der Waals surface area contributed by atoms with E-state index in [1.54, 1.807) is 4.68 Å². The van der Waals surface area contributed by atoms with Crippen LogP contribution in [-0.4, -0.2) is 33.3 Å². The van der Waals surface area contributed by atoms with Gasteiger partial charge in [-0.15, -0.1) is 5.10 Å². The van der Waals surface area contributed by atoms with Crippen LogP contribution in [0, 0.1) is 6.92 Å². The number of hydrogen-bond donors (Lipinski definition) is 1. The van der Waals surface area contributed by atoms with E-state index in [-0.39, 0.29) is 6.61 Å². The smallest absolute Gasteiger partial charge is 0.119 e. The minimum Gasteiger partial charge on any atom is -0.492 e. The molecule has 0 spiro atoms. The molecular formula is C13H17N3O2. The van der Waals surface area contributed by atoms with Crippen LogP contribution in [0.15, 0.2) is 30.5 Å². The zero-order valence-corrected chi connectivity index (χ0v) is 10.4. The standard InChI is InChI=1S/C13H17N3O2/c1-11-2-4-13(5-3-11)18-9-7-16-10-12(6-8-17)14-15-16/h2-5,10,17H,6-9H2,1H3. The van der Waals surface area contributed by atoms with Crippen LogP contribution in [0.5, 0.6) is 5.75 Å². The van der Waals surface area contributed by atoms with E-state index in [0.717, 1.165) is 11.4 Å². The van der Waals surface area contributed by atoms with Crippen molar-refractivity contribution in [3.8, 4) is 5.75 Å². The predicted molar refractivity (Wildman–Crippen MR) is 67.5 cm³/mol. The number of aryl methyl sites for hydroxylation is 1. The number of hydrogen-bond acceptors (Lipinski definition) is 4. The van der Waals surface area contributed by atoms with Crippen LogP contribution in [0.1, 0.15) is 11.3 Å². The van der Waals surface area contributed by atoms with E-state index in [2.05, 4.69) is 10.3 Å². The minimum atomic E-state index is 0.0958. The molecular weight excluding hydrogens is 230 g/mol. The molecule has 2 rings (SSSR count). The van der Waals surface area contributed by atoms with Gasteiger partial charge in [-0.25, -0.2) is 4.68 Å². The van der Waals surface area contributed by atoms with Crippen LogP contribution in [0.4, 0.5) is 0 Å². The molecule has 0 fully saturated rings. The fourth-order valence-electron chi connectivity index (χ4n) is 1.57. The normalized spacial score (nSPS) is 10.6. The average Bonchev–Trinajstić information content (AvgIpc) is 2.80. The molecule has 0 bridgehead atoms. The zero-order valence-electron chi connectivity index (χ0n) is 10.4. The monoisotopic (exact) mass is 247 g/mol. The Bertz CT molecular complexity index is 479. The van der Waals surface area contributed by atoms with Gasteiger partial charge < -0.3 is 9.84 Å². The largest absolute Gasteiger partial charge is 0.492 e. The summed E-state index contributed by atoms with van der Waals surface area (Å²) < 4.78 is 7.32. The Morgan fingerprint density at radius 2 is 2.06 bits per heavy atom. The molecule has 0 amide bonds. The maximum absolute atomic E-state index is 8.77. The Labute approximate surface area is 106 Å². The summed E-state index contributed by atoms with van der Waals surface area (Å²) >= 11 is 0. The summed E-state index contributed by atoms with van der Waals surface area (Å²) in [6.07, 6.45) is 2.37. The molecule has 0 unspecified atom stereocenters. The van der Waals surface area contributed by atoms with Crippen LogP contribution in [0.25, 0.3) is 0 Å². The first-order valence-electron chi connectivity index (χ1n) is 5.97. The molecule has 0 aliphatic heterocycles. The van der Waals surface area contributed by atoms with E-state index in [9.17, 15) is 0 Å². The van der Waals surface area contributed by atoms with Gasteiger partial charge in [0.2, 0.25) is 0 Å². The summed E-state index contributed by atoms with van der Waals surface area (Å²) in [7, 11) is 0. The van der Waals surface area contributed by atoms with Gasteiger partial charge in [-0.3, -0.25) is 0 Å². The third-order valence-electron chi connectivity index (χ3n) is 2.56. The molecule has 5 nitrogen and oxygen atoms in total. The lowest BCUT2D eigenvalue weighted by atomic mass is 10.2. The maximum atomic E-state index is 8.77. The summed E-state index contributed by atoms with van der Waals surface area (Å²) in [5, 5.41) is 16.7. The van der Waals surface area contributed by atoms with E-state index < -0.39 is 0 Å². The Balaban J connectivity index is 1.79. The number of aliphatic hydroxyl groups excluding tert-OH is 1. The first-order chi connectivity index (χ1) is 8.78. The highest BCUT2D eigenvalue weighted by molar-refractivity contribution is 5.26. The van der Waals surface area contributed by atoms with Crippen molar-refractivity contribution in [1.29, 1.82) is 0 Å². The highest BCUT2D eigenvalue weighted by Gasteiger charge is 2.00. The SMILES string of the molecule is Cc1ccc(OCCn2cc(CCO)nn2)cc1. The third kappa shape index (κ3) is 3.56. The van der Waals surface area contributed by atoms with E-state index in [4.69, 9.17) is 9.84 Å². The van der Waals surface area contributed by atoms with Crippen LogP contribution in [0.2, 0.25) is 0 Å². The number of rotatable bonds is 6. The second kappa shape index (κ2) is 6.16. The predicted octanol–water partition coefficient (Wildman–Crippen LogP) is 1.20. The summed E-state index contributed by atoms with van der Waals surface area (Å²) in [6, 6.07) is 7.94. The fraction of sp³-hybridized carbons (Fsp3) is 0.385. The number of ether oxygens (including phenoxy) is 1. The number of aliphatic hydroxyl groups is 1. The molecule has 18 heavy (non-hydrogen) atoms. The molecule has 2 aromatic rings. The Kier molecular flexibility index (Phi) is 4.30. The number of nitrogens with zero attached hydrogens (tertiary/aromatic N) is 3. The second-order valence-electron chi connectivity index (χ2n) is 4.11. The van der Waals surface area contributed by atoms with Gasteiger partial charge in [0.15, 0.2) is 0 Å². The highest BCUT2D eigenvalue weighted by Crippen LogP contribution is 2.11. The second-order valence-corrected chi connectivity index (χ2v) is 4.11. The van der Waals surface area contributed by atoms with Crippen LogP contribution >= 0.6 is 0 Å². The van der Waals surface area contributed by atoms with Crippen molar-refractivity contribution in [3.63, 3.8) is 0 Å². The number of benzene rings is 1. The molecule has 0 aliphatic carbocycles. The molecule has 0 aliphatic rings. The van der Waals surface area contributed by atoms with Gasteiger partial charge in [0, 0.05) is 19.2 Å². The summed E-state index contributed by atoms with van der Waals surface area (Å²) in [5.74, 6) is 0.858. The lowest BCUT2D eigenvalue weighted by molar-refractivity contribution is 0.289. The first kappa shape index (κ1) is 12.6. The van der Waals surface area contributed by atoms with Gasteiger partial charge in [0.25, 0.3) is 0 Å². The molecule has 96 valence electrons. The van der Waals surface area contributed by atoms with Gasteiger partial charge in [-0.1, -0.05) is 22.9 Å². The highest BCUT2D eigenvalue weighted by atomic mass is 16.5. The van der Waals surface area contributed by atoms with Crippen LogP contribution in [-0.2, 0) is 13.0 Å². The lowest BCUT2D eigenvalue weighted by Gasteiger charge is -2.05. The Morgan fingerprint density at radius 1 is 1.28 bits per heavy atom. The van der Waals surface area contributed by atoms with Gasteiger partial charge >= 0.3 is 0 Å². The van der Waals surface area contributed by atoms with Crippen molar-refractivity contribution in [3.05, 3.63) is 41.7 Å².